The molecule has 0 aromatic heterocycles. The highest BCUT2D eigenvalue weighted by molar-refractivity contribution is 9.15. The van der Waals surface area contributed by atoms with Gasteiger partial charge >= 0.3 is 0 Å². The largest absolute Gasteiger partial charge is 0.212 e. The van der Waals surface area contributed by atoms with Gasteiger partial charge in [0.25, 0.3) is 0 Å². The number of fused-ring (bicyclic) bond motifs is 1. The van der Waals surface area contributed by atoms with E-state index in [1.165, 1.54) is 10.6 Å². The lowest BCUT2D eigenvalue weighted by molar-refractivity contribution is 0.436. The van der Waals surface area contributed by atoms with Crippen LogP contribution in [0.1, 0.15) is 11.1 Å². The lowest BCUT2D eigenvalue weighted by Gasteiger charge is -2.10. The number of hydrogen-bond donors (Lipinski definition) is 0. The first-order valence-corrected chi connectivity index (χ1v) is 9.54. The van der Waals surface area contributed by atoms with Gasteiger partial charge in [0.15, 0.2) is 0 Å². The predicted molar refractivity (Wildman–Crippen MR) is 81.3 cm³/mol. The van der Waals surface area contributed by atoms with E-state index in [1.807, 2.05) is 0 Å². The zero-order chi connectivity index (χ0) is 13.0. The van der Waals surface area contributed by atoms with Crippen LogP contribution in [0.15, 0.2) is 17.9 Å². The topological polar surface area (TPSA) is 37.4 Å². The summed E-state index contributed by atoms with van der Waals surface area (Å²) in [4.78, 5) is 0. The first kappa shape index (κ1) is 14.5. The Balaban J connectivity index is 2.60. The third-order valence-corrected chi connectivity index (χ3v) is 8.74. The minimum atomic E-state index is -3.17. The van der Waals surface area contributed by atoms with E-state index in [-0.39, 0.29) is 0 Å². The summed E-state index contributed by atoms with van der Waals surface area (Å²) in [7, 11) is -3.17. The molecule has 1 aliphatic rings. The monoisotopic (exact) mass is 509 g/mol. The molecule has 8 heteroatoms. The standard InChI is InChI=1S/C9H7Br4NO2S/c1-17(15,16)14-2-4-5(3-14)7(11)9(13)8(12)6(4)10/h2-3H2,1H3. The van der Waals surface area contributed by atoms with Gasteiger partial charge in [0.1, 0.15) is 0 Å². The number of sulfonamides is 1. The zero-order valence-electron chi connectivity index (χ0n) is 8.60. The Labute approximate surface area is 134 Å². The van der Waals surface area contributed by atoms with Crippen LogP contribution in [0.25, 0.3) is 0 Å². The second-order valence-electron chi connectivity index (χ2n) is 3.74. The molecular weight excluding hydrogens is 506 g/mol. The number of hydrogen-bond acceptors (Lipinski definition) is 2. The maximum absolute atomic E-state index is 11.6. The summed E-state index contributed by atoms with van der Waals surface area (Å²) in [5.41, 5.74) is 2.00. The summed E-state index contributed by atoms with van der Waals surface area (Å²) in [5, 5.41) is 0. The highest BCUT2D eigenvalue weighted by Crippen LogP contribution is 2.45. The van der Waals surface area contributed by atoms with Crippen LogP contribution in [0.4, 0.5) is 0 Å². The molecule has 1 aliphatic heterocycles. The van der Waals surface area contributed by atoms with Gasteiger partial charge in [-0.05, 0) is 74.8 Å². The molecule has 0 saturated carbocycles. The maximum atomic E-state index is 11.6. The second-order valence-corrected chi connectivity index (χ2v) is 8.90. The molecule has 0 N–H and O–H groups in total. The van der Waals surface area contributed by atoms with Crippen LogP contribution < -0.4 is 0 Å². The molecule has 0 aliphatic carbocycles. The van der Waals surface area contributed by atoms with Gasteiger partial charge in [-0.1, -0.05) is 0 Å². The Kier molecular flexibility index (Phi) is 4.14. The summed E-state index contributed by atoms with van der Waals surface area (Å²) in [6.45, 7) is 0.804. The van der Waals surface area contributed by atoms with Crippen LogP contribution in [0.5, 0.6) is 0 Å². The molecule has 0 saturated heterocycles. The molecule has 1 heterocycles. The minimum absolute atomic E-state index is 0.402. The van der Waals surface area contributed by atoms with Crippen molar-refractivity contribution in [3.63, 3.8) is 0 Å². The minimum Gasteiger partial charge on any atom is -0.212 e. The average Bonchev–Trinajstić information content (AvgIpc) is 2.67. The van der Waals surface area contributed by atoms with E-state index in [4.69, 9.17) is 0 Å². The van der Waals surface area contributed by atoms with Crippen molar-refractivity contribution in [1.82, 2.24) is 4.31 Å². The Morgan fingerprint density at radius 2 is 1.24 bits per heavy atom. The Morgan fingerprint density at radius 1 is 0.882 bits per heavy atom. The summed E-state index contributed by atoms with van der Waals surface area (Å²) < 4.78 is 28.2. The van der Waals surface area contributed by atoms with Crippen LogP contribution in [-0.4, -0.2) is 19.0 Å². The zero-order valence-corrected chi connectivity index (χ0v) is 15.8. The fourth-order valence-corrected chi connectivity index (χ4v) is 4.96. The van der Waals surface area contributed by atoms with Gasteiger partial charge in [-0.3, -0.25) is 0 Å². The molecule has 0 fully saturated rings. The lowest BCUT2D eigenvalue weighted by Crippen LogP contribution is -2.23. The van der Waals surface area contributed by atoms with Crippen LogP contribution in [0.2, 0.25) is 0 Å². The van der Waals surface area contributed by atoms with Crippen molar-refractivity contribution in [3.8, 4) is 0 Å². The van der Waals surface area contributed by atoms with E-state index in [9.17, 15) is 8.42 Å². The molecular formula is C9H7Br4NO2S. The lowest BCUT2D eigenvalue weighted by atomic mass is 10.1. The third kappa shape index (κ3) is 2.53. The van der Waals surface area contributed by atoms with Crippen molar-refractivity contribution in [3.05, 3.63) is 29.0 Å². The maximum Gasteiger partial charge on any atom is 0.211 e. The Bertz CT molecular complexity index is 563. The van der Waals surface area contributed by atoms with Gasteiger partial charge < -0.3 is 0 Å². The van der Waals surface area contributed by atoms with Crippen LogP contribution in [-0.2, 0) is 23.1 Å². The summed E-state index contributed by atoms with van der Waals surface area (Å²) in [6, 6.07) is 0. The van der Waals surface area contributed by atoms with E-state index in [0.29, 0.717) is 13.1 Å². The van der Waals surface area contributed by atoms with E-state index in [0.717, 1.165) is 29.0 Å². The molecule has 2 rings (SSSR count). The molecule has 0 bridgehead atoms. The van der Waals surface area contributed by atoms with Gasteiger partial charge in [0.2, 0.25) is 10.0 Å². The fraction of sp³-hybridized carbons (Fsp3) is 0.333. The van der Waals surface area contributed by atoms with Gasteiger partial charge in [-0.2, -0.15) is 4.31 Å². The quantitative estimate of drug-likeness (QED) is 0.421. The van der Waals surface area contributed by atoms with Crippen molar-refractivity contribution in [2.24, 2.45) is 0 Å². The molecule has 0 atom stereocenters. The Morgan fingerprint density at radius 3 is 1.53 bits per heavy atom. The first-order chi connectivity index (χ1) is 7.73. The van der Waals surface area contributed by atoms with Crippen LogP contribution in [0.3, 0.4) is 0 Å². The molecule has 0 radical (unpaired) electrons. The van der Waals surface area contributed by atoms with Gasteiger partial charge in [-0.25, -0.2) is 8.42 Å². The summed E-state index contributed by atoms with van der Waals surface area (Å²) in [5.74, 6) is 0. The average molecular weight is 513 g/mol. The molecule has 0 unspecified atom stereocenters. The van der Waals surface area contributed by atoms with Crippen molar-refractivity contribution < 1.29 is 8.42 Å². The van der Waals surface area contributed by atoms with Crippen LogP contribution in [0, 0.1) is 0 Å². The number of rotatable bonds is 1. The van der Waals surface area contributed by atoms with Gasteiger partial charge in [-0.15, -0.1) is 0 Å². The third-order valence-electron chi connectivity index (χ3n) is 2.61. The highest BCUT2D eigenvalue weighted by atomic mass is 79.9. The highest BCUT2D eigenvalue weighted by Gasteiger charge is 2.31. The number of halogens is 4. The van der Waals surface area contributed by atoms with Crippen molar-refractivity contribution >= 4 is 73.7 Å². The van der Waals surface area contributed by atoms with Gasteiger partial charge in [0, 0.05) is 31.0 Å². The predicted octanol–water partition coefficient (Wildman–Crippen LogP) is 4.01. The molecule has 0 spiro atoms. The van der Waals surface area contributed by atoms with Gasteiger partial charge in [0.05, 0.1) is 6.26 Å². The molecule has 0 amide bonds. The number of nitrogens with zero attached hydrogens (tertiary/aromatic N) is 1. The van der Waals surface area contributed by atoms with E-state index in [1.54, 1.807) is 0 Å². The Hall–Kier alpha value is 1.05. The normalized spacial score (nSPS) is 16.3. The van der Waals surface area contributed by atoms with Crippen molar-refractivity contribution in [2.75, 3.05) is 6.26 Å². The first-order valence-electron chi connectivity index (χ1n) is 4.52. The van der Waals surface area contributed by atoms with E-state index < -0.39 is 10.0 Å². The summed E-state index contributed by atoms with van der Waals surface area (Å²) >= 11 is 13.9. The number of benzene rings is 1. The second kappa shape index (κ2) is 4.86. The van der Waals surface area contributed by atoms with Crippen molar-refractivity contribution in [1.29, 1.82) is 0 Å². The van der Waals surface area contributed by atoms with E-state index >= 15 is 0 Å². The molecule has 1 aromatic rings. The summed E-state index contributed by atoms with van der Waals surface area (Å²) in [6.07, 6.45) is 1.23. The molecule has 94 valence electrons. The molecule has 3 nitrogen and oxygen atoms in total. The van der Waals surface area contributed by atoms with Crippen LogP contribution >= 0.6 is 63.7 Å². The smallest absolute Gasteiger partial charge is 0.211 e. The molecule has 1 aromatic carbocycles. The van der Waals surface area contributed by atoms with E-state index in [2.05, 4.69) is 63.7 Å². The fourth-order valence-electron chi connectivity index (χ4n) is 1.70. The molecule has 17 heavy (non-hydrogen) atoms. The SMILES string of the molecule is CS(=O)(=O)N1Cc2c(Br)c(Br)c(Br)c(Br)c2C1. The van der Waals surface area contributed by atoms with Crippen molar-refractivity contribution in [2.45, 2.75) is 13.1 Å².